The second kappa shape index (κ2) is 6.01. The van der Waals surface area contributed by atoms with Gasteiger partial charge in [0.25, 0.3) is 0 Å². The molecule has 0 bridgehead atoms. The van der Waals surface area contributed by atoms with E-state index in [0.717, 1.165) is 38.0 Å². The van der Waals surface area contributed by atoms with E-state index in [1.807, 2.05) is 6.07 Å². The Balaban J connectivity index is 2.08. The summed E-state index contributed by atoms with van der Waals surface area (Å²) >= 11 is 0. The van der Waals surface area contributed by atoms with Gasteiger partial charge in [-0.05, 0) is 49.1 Å². The molecule has 3 nitrogen and oxygen atoms in total. The minimum absolute atomic E-state index is 0.124. The Kier molecular flexibility index (Phi) is 4.37. The number of anilines is 1. The van der Waals surface area contributed by atoms with Crippen LogP contribution in [0.25, 0.3) is 0 Å². The van der Waals surface area contributed by atoms with Gasteiger partial charge in [0.15, 0.2) is 0 Å². The summed E-state index contributed by atoms with van der Waals surface area (Å²) in [5.74, 6) is 0.267. The van der Waals surface area contributed by atoms with Gasteiger partial charge in [-0.1, -0.05) is 19.9 Å². The van der Waals surface area contributed by atoms with Crippen LogP contribution in [0.1, 0.15) is 37.8 Å². The Bertz CT molecular complexity index is 425. The van der Waals surface area contributed by atoms with Crippen molar-refractivity contribution in [2.75, 3.05) is 11.9 Å². The topological polar surface area (TPSA) is 41.1 Å². The Hall–Kier alpha value is -1.35. The number of carbonyl (C=O) groups excluding carboxylic acids is 1. The minimum Gasteiger partial charge on any atom is -0.326 e. The molecule has 1 aromatic carbocycles. The number of carbonyl (C=O) groups is 1. The van der Waals surface area contributed by atoms with Crippen molar-refractivity contribution >= 4 is 11.6 Å². The zero-order chi connectivity index (χ0) is 13.0. The molecule has 98 valence electrons. The van der Waals surface area contributed by atoms with Gasteiger partial charge in [-0.2, -0.15) is 0 Å². The molecule has 0 atom stereocenters. The Labute approximate surface area is 109 Å². The van der Waals surface area contributed by atoms with Crippen molar-refractivity contribution in [1.82, 2.24) is 5.32 Å². The summed E-state index contributed by atoms with van der Waals surface area (Å²) in [6.45, 7) is 6.07. The van der Waals surface area contributed by atoms with Crippen molar-refractivity contribution in [3.05, 3.63) is 29.3 Å². The van der Waals surface area contributed by atoms with Crippen molar-refractivity contribution in [2.45, 2.75) is 39.7 Å². The number of benzene rings is 1. The molecule has 0 spiro atoms. The van der Waals surface area contributed by atoms with Crippen molar-refractivity contribution in [3.63, 3.8) is 0 Å². The van der Waals surface area contributed by atoms with E-state index in [1.165, 1.54) is 11.1 Å². The monoisotopic (exact) mass is 246 g/mol. The lowest BCUT2D eigenvalue weighted by Gasteiger charge is -2.19. The lowest BCUT2D eigenvalue weighted by Crippen LogP contribution is -2.25. The van der Waals surface area contributed by atoms with Crippen LogP contribution < -0.4 is 10.6 Å². The molecule has 1 heterocycles. The van der Waals surface area contributed by atoms with E-state index < -0.39 is 0 Å². The number of fused-ring (bicyclic) bond motifs is 1. The lowest BCUT2D eigenvalue weighted by molar-refractivity contribution is -0.120. The predicted molar refractivity (Wildman–Crippen MR) is 74.6 cm³/mol. The Morgan fingerprint density at radius 3 is 2.83 bits per heavy atom. The van der Waals surface area contributed by atoms with Gasteiger partial charge >= 0.3 is 0 Å². The largest absolute Gasteiger partial charge is 0.326 e. The van der Waals surface area contributed by atoms with E-state index >= 15 is 0 Å². The average Bonchev–Trinajstić information content (AvgIpc) is 2.40. The minimum atomic E-state index is 0.124. The second-order valence-corrected chi connectivity index (χ2v) is 4.91. The van der Waals surface area contributed by atoms with Crippen LogP contribution in [-0.2, 0) is 17.8 Å². The first-order valence-electron chi connectivity index (χ1n) is 6.88. The molecule has 0 saturated carbocycles. The van der Waals surface area contributed by atoms with Gasteiger partial charge in [-0.15, -0.1) is 0 Å². The zero-order valence-electron chi connectivity index (χ0n) is 11.3. The van der Waals surface area contributed by atoms with Crippen LogP contribution in [0.5, 0.6) is 0 Å². The molecule has 0 aliphatic carbocycles. The molecule has 18 heavy (non-hydrogen) atoms. The maximum atomic E-state index is 12.0. The number of amides is 1. The third kappa shape index (κ3) is 2.91. The molecule has 0 unspecified atom stereocenters. The van der Waals surface area contributed by atoms with Gasteiger partial charge < -0.3 is 10.6 Å². The number of hydrogen-bond acceptors (Lipinski definition) is 2. The van der Waals surface area contributed by atoms with Gasteiger partial charge in [-0.25, -0.2) is 0 Å². The molecule has 1 aliphatic heterocycles. The molecular weight excluding hydrogens is 224 g/mol. The van der Waals surface area contributed by atoms with E-state index in [-0.39, 0.29) is 11.8 Å². The molecule has 0 radical (unpaired) electrons. The highest BCUT2D eigenvalue weighted by Gasteiger charge is 2.15. The van der Waals surface area contributed by atoms with Gasteiger partial charge in [0.2, 0.25) is 5.91 Å². The zero-order valence-corrected chi connectivity index (χ0v) is 11.3. The summed E-state index contributed by atoms with van der Waals surface area (Å²) in [4.78, 5) is 12.0. The van der Waals surface area contributed by atoms with E-state index in [4.69, 9.17) is 0 Å². The fourth-order valence-corrected chi connectivity index (χ4v) is 2.46. The normalized spacial score (nSPS) is 14.4. The average molecular weight is 246 g/mol. The van der Waals surface area contributed by atoms with Gasteiger partial charge in [0.1, 0.15) is 0 Å². The number of rotatable bonds is 4. The maximum Gasteiger partial charge on any atom is 0.227 e. The molecule has 2 N–H and O–H groups in total. The standard InChI is InChI=1S/C15H22N2O/c1-3-11(4-2)15(18)17-14-6-5-12-7-8-16-10-13(12)9-14/h5-6,9,11,16H,3-4,7-8,10H2,1-2H3,(H,17,18). The molecule has 1 amide bonds. The quantitative estimate of drug-likeness (QED) is 0.857. The van der Waals surface area contributed by atoms with Crippen LogP contribution in [0.2, 0.25) is 0 Å². The Morgan fingerprint density at radius 1 is 1.33 bits per heavy atom. The van der Waals surface area contributed by atoms with Crippen LogP contribution in [0.4, 0.5) is 5.69 Å². The first-order valence-corrected chi connectivity index (χ1v) is 6.88. The molecule has 0 fully saturated rings. The molecule has 0 aromatic heterocycles. The third-order valence-electron chi connectivity index (χ3n) is 3.72. The van der Waals surface area contributed by atoms with E-state index in [2.05, 4.69) is 36.6 Å². The summed E-state index contributed by atoms with van der Waals surface area (Å²) in [6, 6.07) is 6.25. The first-order chi connectivity index (χ1) is 8.74. The van der Waals surface area contributed by atoms with Crippen LogP contribution >= 0.6 is 0 Å². The fraction of sp³-hybridized carbons (Fsp3) is 0.533. The smallest absolute Gasteiger partial charge is 0.227 e. The van der Waals surface area contributed by atoms with E-state index in [9.17, 15) is 4.79 Å². The predicted octanol–water partition coefficient (Wildman–Crippen LogP) is 2.71. The highest BCUT2D eigenvalue weighted by atomic mass is 16.1. The van der Waals surface area contributed by atoms with Crippen LogP contribution in [0.15, 0.2) is 18.2 Å². The molecule has 1 aromatic rings. The maximum absolute atomic E-state index is 12.0. The first kappa shape index (κ1) is 13.1. The van der Waals surface area contributed by atoms with E-state index in [1.54, 1.807) is 0 Å². The van der Waals surface area contributed by atoms with Gasteiger partial charge in [-0.3, -0.25) is 4.79 Å². The summed E-state index contributed by atoms with van der Waals surface area (Å²) in [6.07, 6.45) is 2.87. The lowest BCUT2D eigenvalue weighted by atomic mass is 9.99. The fourth-order valence-electron chi connectivity index (χ4n) is 2.46. The SMILES string of the molecule is CCC(CC)C(=O)Nc1ccc2c(c1)CNCC2. The highest BCUT2D eigenvalue weighted by Crippen LogP contribution is 2.20. The van der Waals surface area contributed by atoms with Crippen molar-refractivity contribution in [1.29, 1.82) is 0 Å². The van der Waals surface area contributed by atoms with Crippen molar-refractivity contribution in [3.8, 4) is 0 Å². The van der Waals surface area contributed by atoms with Gasteiger partial charge in [0.05, 0.1) is 0 Å². The number of nitrogens with one attached hydrogen (secondary N) is 2. The highest BCUT2D eigenvalue weighted by molar-refractivity contribution is 5.92. The molecule has 3 heteroatoms. The van der Waals surface area contributed by atoms with Crippen molar-refractivity contribution in [2.24, 2.45) is 5.92 Å². The van der Waals surface area contributed by atoms with Crippen LogP contribution in [-0.4, -0.2) is 12.5 Å². The third-order valence-corrected chi connectivity index (χ3v) is 3.72. The summed E-state index contributed by atoms with van der Waals surface area (Å²) in [5.41, 5.74) is 3.63. The molecule has 0 saturated heterocycles. The Morgan fingerprint density at radius 2 is 2.11 bits per heavy atom. The number of hydrogen-bond donors (Lipinski definition) is 2. The molecular formula is C15H22N2O. The van der Waals surface area contributed by atoms with Crippen molar-refractivity contribution < 1.29 is 4.79 Å². The van der Waals surface area contributed by atoms with Gasteiger partial charge in [0, 0.05) is 18.2 Å². The van der Waals surface area contributed by atoms with Crippen LogP contribution in [0.3, 0.4) is 0 Å². The van der Waals surface area contributed by atoms with Crippen LogP contribution in [0, 0.1) is 5.92 Å². The second-order valence-electron chi connectivity index (χ2n) is 4.91. The summed E-state index contributed by atoms with van der Waals surface area (Å²) in [5, 5.41) is 6.38. The molecule has 2 rings (SSSR count). The van der Waals surface area contributed by atoms with E-state index in [0.29, 0.717) is 0 Å². The molecule has 1 aliphatic rings. The summed E-state index contributed by atoms with van der Waals surface area (Å²) < 4.78 is 0. The summed E-state index contributed by atoms with van der Waals surface area (Å²) in [7, 11) is 0.